The van der Waals surface area contributed by atoms with Gasteiger partial charge in [0.25, 0.3) is 11.6 Å². The molecule has 2 aromatic heterocycles. The molecule has 1 aromatic carbocycles. The van der Waals surface area contributed by atoms with E-state index >= 15 is 0 Å². The van der Waals surface area contributed by atoms with E-state index in [1.807, 2.05) is 13.2 Å². The van der Waals surface area contributed by atoms with Crippen LogP contribution in [0.5, 0.6) is 0 Å². The van der Waals surface area contributed by atoms with Crippen LogP contribution in [-0.4, -0.2) is 27.2 Å². The van der Waals surface area contributed by atoms with Gasteiger partial charge in [0.05, 0.1) is 19.8 Å². The summed E-state index contributed by atoms with van der Waals surface area (Å²) in [5, 5.41) is 15.3. The zero-order valence-electron chi connectivity index (χ0n) is 13.7. The van der Waals surface area contributed by atoms with E-state index in [1.165, 1.54) is 35.6 Å². The number of nitro groups is 1. The predicted molar refractivity (Wildman–Crippen MR) is 100 cm³/mol. The van der Waals surface area contributed by atoms with E-state index in [4.69, 9.17) is 11.6 Å². The highest BCUT2D eigenvalue weighted by atomic mass is 35.5. The first-order valence-corrected chi connectivity index (χ1v) is 9.02. The molecule has 7 nitrogen and oxygen atoms in total. The van der Waals surface area contributed by atoms with Crippen LogP contribution in [0.1, 0.15) is 15.9 Å². The van der Waals surface area contributed by atoms with Crippen LogP contribution in [0.2, 0.25) is 4.34 Å². The second kappa shape index (κ2) is 6.22. The van der Waals surface area contributed by atoms with E-state index in [2.05, 4.69) is 5.10 Å². The molecular weight excluding hydrogens is 376 g/mol. The number of carbonyl (C=O) groups excluding carboxylic acids is 1. The van der Waals surface area contributed by atoms with E-state index in [0.29, 0.717) is 22.9 Å². The molecule has 0 radical (unpaired) electrons. The summed E-state index contributed by atoms with van der Waals surface area (Å²) < 4.78 is 2.34. The smallest absolute Gasteiger partial charge is 0.269 e. The maximum Gasteiger partial charge on any atom is 0.269 e. The Labute approximate surface area is 157 Å². The second-order valence-electron chi connectivity index (χ2n) is 5.95. The van der Waals surface area contributed by atoms with Crippen molar-refractivity contribution in [2.75, 3.05) is 11.4 Å². The van der Waals surface area contributed by atoms with Gasteiger partial charge in [-0.1, -0.05) is 11.6 Å². The maximum absolute atomic E-state index is 13.0. The molecule has 9 heteroatoms. The summed E-state index contributed by atoms with van der Waals surface area (Å²) >= 11 is 7.61. The number of fused-ring (bicyclic) bond motifs is 3. The molecule has 0 bridgehead atoms. The van der Waals surface area contributed by atoms with Crippen molar-refractivity contribution in [1.29, 1.82) is 0 Å². The van der Waals surface area contributed by atoms with E-state index in [9.17, 15) is 14.9 Å². The van der Waals surface area contributed by atoms with Crippen molar-refractivity contribution in [2.45, 2.75) is 6.42 Å². The number of carbonyl (C=O) groups is 1. The molecule has 1 aliphatic rings. The van der Waals surface area contributed by atoms with Crippen LogP contribution >= 0.6 is 22.9 Å². The molecule has 0 saturated heterocycles. The number of aromatic nitrogens is 2. The Morgan fingerprint density at radius 1 is 1.35 bits per heavy atom. The topological polar surface area (TPSA) is 81.3 Å². The lowest BCUT2D eigenvalue weighted by Gasteiger charge is -2.21. The zero-order valence-corrected chi connectivity index (χ0v) is 15.3. The van der Waals surface area contributed by atoms with Gasteiger partial charge in [0.1, 0.15) is 5.69 Å². The van der Waals surface area contributed by atoms with Gasteiger partial charge in [0, 0.05) is 43.0 Å². The summed E-state index contributed by atoms with van der Waals surface area (Å²) in [7, 11) is 1.86. The molecule has 0 aliphatic carbocycles. The van der Waals surface area contributed by atoms with Crippen LogP contribution in [-0.2, 0) is 13.5 Å². The fourth-order valence-corrected chi connectivity index (χ4v) is 4.32. The standard InChI is InChI=1S/C17H13ClN4O3S/c1-20-9-11-6-7-21(13-8-14(18)26-16(13)15(11)19-20)17(23)10-2-4-12(5-3-10)22(24)25/h2-5,8-9H,6-7H2,1H3. The van der Waals surface area contributed by atoms with Crippen molar-refractivity contribution in [2.24, 2.45) is 7.05 Å². The van der Waals surface area contributed by atoms with E-state index in [-0.39, 0.29) is 11.6 Å². The Kier molecular flexibility index (Phi) is 4.01. The third kappa shape index (κ3) is 2.77. The molecule has 0 saturated carbocycles. The summed E-state index contributed by atoms with van der Waals surface area (Å²) in [6, 6.07) is 7.40. The van der Waals surface area contributed by atoms with Crippen molar-refractivity contribution in [1.82, 2.24) is 9.78 Å². The number of halogens is 1. The quantitative estimate of drug-likeness (QED) is 0.492. The van der Waals surface area contributed by atoms with Gasteiger partial charge in [-0.3, -0.25) is 19.6 Å². The lowest BCUT2D eigenvalue weighted by Crippen LogP contribution is -2.32. The van der Waals surface area contributed by atoms with Crippen LogP contribution in [0.4, 0.5) is 11.4 Å². The van der Waals surface area contributed by atoms with Crippen LogP contribution in [0.25, 0.3) is 10.6 Å². The molecule has 3 heterocycles. The first-order chi connectivity index (χ1) is 12.4. The lowest BCUT2D eigenvalue weighted by molar-refractivity contribution is -0.384. The number of hydrogen-bond donors (Lipinski definition) is 0. The van der Waals surface area contributed by atoms with E-state index in [1.54, 1.807) is 15.6 Å². The number of nitrogens with zero attached hydrogens (tertiary/aromatic N) is 4. The highest BCUT2D eigenvalue weighted by molar-refractivity contribution is 7.20. The third-order valence-corrected chi connectivity index (χ3v) is 5.53. The Bertz CT molecular complexity index is 1030. The molecule has 0 unspecified atom stereocenters. The van der Waals surface area contributed by atoms with Gasteiger partial charge in [-0.05, 0) is 24.6 Å². The Hall–Kier alpha value is -2.71. The van der Waals surface area contributed by atoms with Gasteiger partial charge in [0.15, 0.2) is 0 Å². The van der Waals surface area contributed by atoms with Crippen LogP contribution < -0.4 is 4.90 Å². The van der Waals surface area contributed by atoms with E-state index < -0.39 is 4.92 Å². The number of non-ortho nitro benzene ring substituents is 1. The van der Waals surface area contributed by atoms with Crippen LogP contribution in [0.3, 0.4) is 0 Å². The minimum absolute atomic E-state index is 0.0474. The molecule has 3 aromatic rings. The Morgan fingerprint density at radius 2 is 2.08 bits per heavy atom. The summed E-state index contributed by atoms with van der Waals surface area (Å²) in [5.74, 6) is -0.217. The molecule has 0 spiro atoms. The summed E-state index contributed by atoms with van der Waals surface area (Å²) in [6.45, 7) is 0.481. The number of nitro benzene ring substituents is 1. The Balaban J connectivity index is 1.75. The van der Waals surface area contributed by atoms with Crippen molar-refractivity contribution in [3.63, 3.8) is 0 Å². The monoisotopic (exact) mass is 388 g/mol. The summed E-state index contributed by atoms with van der Waals surface area (Å²) in [6.07, 6.45) is 2.62. The molecule has 26 heavy (non-hydrogen) atoms. The number of anilines is 1. The highest BCUT2D eigenvalue weighted by Crippen LogP contribution is 2.44. The van der Waals surface area contributed by atoms with Gasteiger partial charge >= 0.3 is 0 Å². The van der Waals surface area contributed by atoms with Crippen molar-refractivity contribution < 1.29 is 9.72 Å². The molecule has 0 atom stereocenters. The largest absolute Gasteiger partial charge is 0.306 e. The number of aryl methyl sites for hydroxylation is 1. The lowest BCUT2D eigenvalue weighted by atomic mass is 10.1. The minimum Gasteiger partial charge on any atom is -0.306 e. The third-order valence-electron chi connectivity index (χ3n) is 4.27. The normalized spacial score (nSPS) is 13.1. The second-order valence-corrected chi connectivity index (χ2v) is 7.64. The molecule has 0 N–H and O–H groups in total. The summed E-state index contributed by atoms with van der Waals surface area (Å²) in [5.41, 5.74) is 2.98. The average molecular weight is 389 g/mol. The van der Waals surface area contributed by atoms with Gasteiger partial charge in [-0.25, -0.2) is 0 Å². The van der Waals surface area contributed by atoms with Crippen molar-refractivity contribution >= 4 is 40.2 Å². The summed E-state index contributed by atoms with van der Waals surface area (Å²) in [4.78, 5) is 25.9. The molecular formula is C17H13ClN4O3S. The van der Waals surface area contributed by atoms with Crippen molar-refractivity contribution in [3.8, 4) is 10.6 Å². The average Bonchev–Trinajstić information content (AvgIpc) is 3.14. The van der Waals surface area contributed by atoms with Gasteiger partial charge in [0.2, 0.25) is 0 Å². The molecule has 1 amide bonds. The molecule has 4 rings (SSSR count). The first kappa shape index (κ1) is 16.7. The predicted octanol–water partition coefficient (Wildman–Crippen LogP) is 3.91. The number of amides is 1. The van der Waals surface area contributed by atoms with Gasteiger partial charge < -0.3 is 4.90 Å². The van der Waals surface area contributed by atoms with Crippen molar-refractivity contribution in [3.05, 3.63) is 62.1 Å². The fourth-order valence-electron chi connectivity index (χ4n) is 3.08. The molecule has 132 valence electrons. The fraction of sp³-hybridized carbons (Fsp3) is 0.176. The Morgan fingerprint density at radius 3 is 2.77 bits per heavy atom. The maximum atomic E-state index is 13.0. The van der Waals surface area contributed by atoms with E-state index in [0.717, 1.165) is 21.8 Å². The van der Waals surface area contributed by atoms with Gasteiger partial charge in [-0.2, -0.15) is 5.10 Å². The highest BCUT2D eigenvalue weighted by Gasteiger charge is 2.29. The molecule has 0 fully saturated rings. The zero-order chi connectivity index (χ0) is 18.4. The minimum atomic E-state index is -0.487. The first-order valence-electron chi connectivity index (χ1n) is 7.82. The van der Waals surface area contributed by atoms with Crippen LogP contribution in [0, 0.1) is 10.1 Å². The number of rotatable bonds is 2. The number of benzene rings is 1. The SMILES string of the molecule is Cn1cc2c(n1)-c1sc(Cl)cc1N(C(=O)c1ccc([N+](=O)[O-])cc1)CC2. The number of thiophene rings is 1. The molecule has 1 aliphatic heterocycles. The van der Waals surface area contributed by atoms with Gasteiger partial charge in [-0.15, -0.1) is 11.3 Å². The van der Waals surface area contributed by atoms with Crippen LogP contribution in [0.15, 0.2) is 36.5 Å². The number of hydrogen-bond acceptors (Lipinski definition) is 5.